The van der Waals surface area contributed by atoms with E-state index >= 15 is 0 Å². The number of amides is 3. The number of thiol groups is 1. The third-order valence-electron chi connectivity index (χ3n) is 4.81. The summed E-state index contributed by atoms with van der Waals surface area (Å²) >= 11 is 4.01. The smallest absolute Gasteiger partial charge is 0.326 e. The fraction of sp³-hybridized carbons (Fsp3) is 0.667. The molecular weight excluding hydrogens is 448 g/mol. The number of carboxylic acid groups (broad SMARTS) is 1. The van der Waals surface area contributed by atoms with Crippen LogP contribution >= 0.6 is 12.6 Å². The summed E-state index contributed by atoms with van der Waals surface area (Å²) in [5.74, 6) is -2.65. The molecule has 12 heteroatoms. The average Bonchev–Trinajstić information content (AvgIpc) is 3.23. The van der Waals surface area contributed by atoms with Gasteiger partial charge in [0.1, 0.15) is 18.1 Å². The normalized spacial score (nSPS) is 14.9. The van der Waals surface area contributed by atoms with Crippen LogP contribution in [0.2, 0.25) is 0 Å². The zero-order valence-electron chi connectivity index (χ0n) is 19.5. The van der Waals surface area contributed by atoms with Crippen molar-refractivity contribution in [2.75, 3.05) is 5.75 Å². The maximum atomic E-state index is 13.0. The van der Waals surface area contributed by atoms with Crippen molar-refractivity contribution in [3.8, 4) is 0 Å². The molecule has 11 nitrogen and oxygen atoms in total. The minimum Gasteiger partial charge on any atom is -0.480 e. The van der Waals surface area contributed by atoms with Gasteiger partial charge in [-0.1, -0.05) is 27.7 Å². The largest absolute Gasteiger partial charge is 0.480 e. The molecule has 4 unspecified atom stereocenters. The van der Waals surface area contributed by atoms with Gasteiger partial charge < -0.3 is 31.8 Å². The molecule has 1 heterocycles. The van der Waals surface area contributed by atoms with Crippen molar-refractivity contribution in [3.63, 3.8) is 0 Å². The molecule has 0 aromatic carbocycles. The quantitative estimate of drug-likeness (QED) is 0.179. The Morgan fingerprint density at radius 2 is 1.45 bits per heavy atom. The molecule has 186 valence electrons. The number of aromatic amines is 1. The molecule has 1 rings (SSSR count). The lowest BCUT2D eigenvalue weighted by atomic mass is 9.99. The highest BCUT2D eigenvalue weighted by atomic mass is 32.1. The van der Waals surface area contributed by atoms with Crippen LogP contribution in [0.5, 0.6) is 0 Å². The van der Waals surface area contributed by atoms with Crippen LogP contribution in [0.4, 0.5) is 0 Å². The van der Waals surface area contributed by atoms with Gasteiger partial charge in [0, 0.05) is 24.1 Å². The summed E-state index contributed by atoms with van der Waals surface area (Å²) in [7, 11) is 0. The first-order valence-electron chi connectivity index (χ1n) is 10.9. The second kappa shape index (κ2) is 13.8. The van der Waals surface area contributed by atoms with Gasteiger partial charge in [-0.05, 0) is 24.7 Å². The lowest BCUT2D eigenvalue weighted by Gasteiger charge is -2.26. The van der Waals surface area contributed by atoms with Crippen LogP contribution in [-0.2, 0) is 25.6 Å². The summed E-state index contributed by atoms with van der Waals surface area (Å²) in [5.41, 5.74) is 6.25. The number of carboxylic acids is 1. The number of carbonyl (C=O) groups excluding carboxylic acids is 3. The molecule has 0 aliphatic rings. The van der Waals surface area contributed by atoms with Crippen LogP contribution in [0.1, 0.15) is 46.2 Å². The second-order valence-corrected chi connectivity index (χ2v) is 9.22. The number of carbonyl (C=O) groups is 4. The molecule has 3 amide bonds. The Balaban J connectivity index is 2.96. The molecule has 0 aliphatic heterocycles. The molecular formula is C21H36N6O5S. The lowest BCUT2D eigenvalue weighted by Crippen LogP contribution is -2.57. The highest BCUT2D eigenvalue weighted by Gasteiger charge is 2.31. The topological polar surface area (TPSA) is 179 Å². The van der Waals surface area contributed by atoms with Crippen molar-refractivity contribution in [1.29, 1.82) is 0 Å². The van der Waals surface area contributed by atoms with Gasteiger partial charge in [0.15, 0.2) is 0 Å². The Morgan fingerprint density at radius 3 is 1.85 bits per heavy atom. The van der Waals surface area contributed by atoms with Crippen molar-refractivity contribution >= 4 is 36.3 Å². The first kappa shape index (κ1) is 28.4. The van der Waals surface area contributed by atoms with E-state index in [4.69, 9.17) is 5.73 Å². The van der Waals surface area contributed by atoms with E-state index in [0.29, 0.717) is 12.1 Å². The highest BCUT2D eigenvalue weighted by molar-refractivity contribution is 7.80. The fourth-order valence-corrected chi connectivity index (χ4v) is 3.29. The van der Waals surface area contributed by atoms with Crippen molar-refractivity contribution in [1.82, 2.24) is 25.9 Å². The third-order valence-corrected chi connectivity index (χ3v) is 5.20. The highest BCUT2D eigenvalue weighted by Crippen LogP contribution is 2.10. The van der Waals surface area contributed by atoms with Crippen LogP contribution in [0.25, 0.3) is 0 Å². The molecule has 4 atom stereocenters. The number of aliphatic carboxylic acids is 1. The van der Waals surface area contributed by atoms with Crippen molar-refractivity contribution in [3.05, 3.63) is 18.2 Å². The minimum absolute atomic E-state index is 0.0110. The molecule has 1 aromatic heterocycles. The van der Waals surface area contributed by atoms with Crippen LogP contribution in [-0.4, -0.2) is 68.7 Å². The van der Waals surface area contributed by atoms with Gasteiger partial charge in [0.05, 0.1) is 12.4 Å². The Labute approximate surface area is 199 Å². The molecule has 7 N–H and O–H groups in total. The Morgan fingerprint density at radius 1 is 0.970 bits per heavy atom. The predicted octanol–water partition coefficient (Wildman–Crippen LogP) is -0.159. The van der Waals surface area contributed by atoms with Gasteiger partial charge in [-0.2, -0.15) is 12.6 Å². The van der Waals surface area contributed by atoms with E-state index in [9.17, 15) is 24.3 Å². The number of rotatable bonds is 14. The number of nitrogens with one attached hydrogen (secondary N) is 4. The number of H-pyrrole nitrogens is 1. The summed E-state index contributed by atoms with van der Waals surface area (Å²) in [4.78, 5) is 56.5. The van der Waals surface area contributed by atoms with Gasteiger partial charge >= 0.3 is 5.97 Å². The van der Waals surface area contributed by atoms with Crippen LogP contribution in [0.15, 0.2) is 12.5 Å². The Bertz CT molecular complexity index is 786. The zero-order chi connectivity index (χ0) is 25.1. The summed E-state index contributed by atoms with van der Waals surface area (Å²) in [6.07, 6.45) is 3.53. The number of aromatic nitrogens is 2. The van der Waals surface area contributed by atoms with E-state index in [1.807, 2.05) is 27.7 Å². The van der Waals surface area contributed by atoms with Gasteiger partial charge in [-0.3, -0.25) is 14.4 Å². The standard InChI is InChI=1S/C21H36N6O5S/c1-11(2)5-15(25-18(28)14(22)9-33)19(29)26-16(6-12(3)4)20(30)27-17(21(31)32)7-13-8-23-10-24-13/h8,10-12,14-17,33H,5-7,9,22H2,1-4H3,(H,23,24)(H,25,28)(H,26,29)(H,27,30)(H,31,32). The summed E-state index contributed by atoms with van der Waals surface area (Å²) in [6.45, 7) is 7.56. The Kier molecular flexibility index (Phi) is 11.9. The number of nitrogens with zero attached hydrogens (tertiary/aromatic N) is 1. The van der Waals surface area contributed by atoms with E-state index in [0.717, 1.165) is 0 Å². The maximum absolute atomic E-state index is 13.0. The molecule has 0 saturated heterocycles. The third kappa shape index (κ3) is 10.3. The van der Waals surface area contributed by atoms with E-state index in [-0.39, 0.29) is 30.4 Å². The molecule has 33 heavy (non-hydrogen) atoms. The molecule has 0 spiro atoms. The van der Waals surface area contributed by atoms with Crippen molar-refractivity contribution in [2.45, 2.75) is 71.1 Å². The summed E-state index contributed by atoms with van der Waals surface area (Å²) in [6, 6.07) is -3.95. The second-order valence-electron chi connectivity index (χ2n) is 8.85. The van der Waals surface area contributed by atoms with Crippen molar-refractivity contribution in [2.24, 2.45) is 17.6 Å². The van der Waals surface area contributed by atoms with Crippen LogP contribution in [0, 0.1) is 11.8 Å². The Hall–Kier alpha value is -2.60. The molecule has 0 fully saturated rings. The van der Waals surface area contributed by atoms with Crippen molar-refractivity contribution < 1.29 is 24.3 Å². The van der Waals surface area contributed by atoms with E-state index in [1.54, 1.807) is 0 Å². The molecule has 0 aliphatic carbocycles. The summed E-state index contributed by atoms with van der Waals surface area (Å²) < 4.78 is 0. The predicted molar refractivity (Wildman–Crippen MR) is 126 cm³/mol. The van der Waals surface area contributed by atoms with Gasteiger partial charge in [-0.15, -0.1) is 0 Å². The van der Waals surface area contributed by atoms with Gasteiger partial charge in [0.2, 0.25) is 17.7 Å². The van der Waals surface area contributed by atoms with E-state index in [2.05, 4.69) is 38.5 Å². The van der Waals surface area contributed by atoms with Crippen LogP contribution in [0.3, 0.4) is 0 Å². The monoisotopic (exact) mass is 484 g/mol. The first-order chi connectivity index (χ1) is 15.4. The molecule has 1 aromatic rings. The SMILES string of the molecule is CC(C)CC(NC(=O)C(N)CS)C(=O)NC(CC(C)C)C(=O)NC(Cc1cnc[nH]1)C(=O)O. The lowest BCUT2D eigenvalue weighted by molar-refractivity contribution is -0.142. The number of hydrogen-bond donors (Lipinski definition) is 7. The van der Waals surface area contributed by atoms with Crippen LogP contribution < -0.4 is 21.7 Å². The van der Waals surface area contributed by atoms with E-state index < -0.39 is 47.9 Å². The number of hydrogen-bond acceptors (Lipinski definition) is 7. The zero-order valence-corrected chi connectivity index (χ0v) is 20.4. The number of imidazole rings is 1. The summed E-state index contributed by atoms with van der Waals surface area (Å²) in [5, 5.41) is 17.3. The molecule has 0 saturated carbocycles. The van der Waals surface area contributed by atoms with Gasteiger partial charge in [-0.25, -0.2) is 9.78 Å². The molecule has 0 radical (unpaired) electrons. The fourth-order valence-electron chi connectivity index (χ4n) is 3.13. The van der Waals surface area contributed by atoms with Gasteiger partial charge in [0.25, 0.3) is 0 Å². The average molecular weight is 485 g/mol. The first-order valence-corrected chi connectivity index (χ1v) is 11.5. The molecule has 0 bridgehead atoms. The number of nitrogens with two attached hydrogens (primary N) is 1. The van der Waals surface area contributed by atoms with E-state index in [1.165, 1.54) is 12.5 Å². The minimum atomic E-state index is -1.21. The maximum Gasteiger partial charge on any atom is 0.326 e.